The number of ether oxygens (including phenoxy) is 1. The third-order valence-corrected chi connectivity index (χ3v) is 3.80. The Kier molecular flexibility index (Phi) is 6.49. The quantitative estimate of drug-likeness (QED) is 0.669. The summed E-state index contributed by atoms with van der Waals surface area (Å²) in [6, 6.07) is 3.50. The second-order valence-corrected chi connectivity index (χ2v) is 6.17. The molecule has 1 aromatic carbocycles. The number of aliphatic imine (C=N–C) groups is 1. The Hall–Kier alpha value is -2.97. The molecule has 0 spiro atoms. The molecule has 1 unspecified atom stereocenters. The Bertz CT molecular complexity index is 757. The Morgan fingerprint density at radius 1 is 1.30 bits per heavy atom. The van der Waals surface area contributed by atoms with Crippen molar-refractivity contribution in [1.82, 2.24) is 16.0 Å². The van der Waals surface area contributed by atoms with Crippen LogP contribution >= 0.6 is 0 Å². The number of alkyl halides is 2. The highest BCUT2D eigenvalue weighted by Crippen LogP contribution is 2.25. The molecule has 2 amide bonds. The fourth-order valence-corrected chi connectivity index (χ4v) is 2.77. The summed E-state index contributed by atoms with van der Waals surface area (Å²) in [6.45, 7) is 4.30. The van der Waals surface area contributed by atoms with E-state index in [0.29, 0.717) is 16.9 Å². The standard InChI is InChI=1S/C18H22F2N4O3/c1-11-6-14(7-12(2)16(11)27-9-15(19)20)8-22-17(26)18(24-13(3)25)10-21-4-5-23-18/h4-7,10,15,23H,8-9H2,1-3H3,(H,22,26)(H,24,25). The largest absolute Gasteiger partial charge is 0.487 e. The fourth-order valence-electron chi connectivity index (χ4n) is 2.77. The zero-order valence-electron chi connectivity index (χ0n) is 15.3. The molecule has 0 saturated heterocycles. The lowest BCUT2D eigenvalue weighted by Crippen LogP contribution is -2.67. The van der Waals surface area contributed by atoms with Gasteiger partial charge in [0.25, 0.3) is 12.3 Å². The summed E-state index contributed by atoms with van der Waals surface area (Å²) in [5, 5.41) is 8.07. The van der Waals surface area contributed by atoms with Gasteiger partial charge >= 0.3 is 0 Å². The van der Waals surface area contributed by atoms with Crippen LogP contribution in [0.3, 0.4) is 0 Å². The van der Waals surface area contributed by atoms with E-state index in [2.05, 4.69) is 20.9 Å². The molecular formula is C18H22F2N4O3. The minimum absolute atomic E-state index is 0.177. The van der Waals surface area contributed by atoms with Gasteiger partial charge in [-0.2, -0.15) is 0 Å². The van der Waals surface area contributed by atoms with Gasteiger partial charge in [-0.05, 0) is 30.5 Å². The van der Waals surface area contributed by atoms with E-state index in [1.54, 1.807) is 26.0 Å². The van der Waals surface area contributed by atoms with Crippen LogP contribution in [0, 0.1) is 13.8 Å². The normalized spacial score (nSPS) is 18.1. The maximum absolute atomic E-state index is 12.6. The topological polar surface area (TPSA) is 91.8 Å². The van der Waals surface area contributed by atoms with Crippen molar-refractivity contribution in [1.29, 1.82) is 0 Å². The molecule has 0 bridgehead atoms. The molecule has 3 N–H and O–H groups in total. The molecule has 0 radical (unpaired) electrons. The van der Waals surface area contributed by atoms with Gasteiger partial charge in [0, 0.05) is 25.9 Å². The van der Waals surface area contributed by atoms with Gasteiger partial charge in [0.15, 0.2) is 0 Å². The highest BCUT2D eigenvalue weighted by atomic mass is 19.3. The van der Waals surface area contributed by atoms with E-state index < -0.39 is 30.5 Å². The van der Waals surface area contributed by atoms with E-state index in [1.165, 1.54) is 25.5 Å². The Labute approximate surface area is 155 Å². The van der Waals surface area contributed by atoms with Crippen LogP contribution in [0.4, 0.5) is 8.78 Å². The van der Waals surface area contributed by atoms with Gasteiger partial charge in [-0.3, -0.25) is 14.6 Å². The molecule has 0 saturated carbocycles. The lowest BCUT2D eigenvalue weighted by molar-refractivity contribution is -0.130. The average molecular weight is 380 g/mol. The Morgan fingerprint density at radius 3 is 2.48 bits per heavy atom. The van der Waals surface area contributed by atoms with E-state index in [9.17, 15) is 18.4 Å². The molecule has 0 fully saturated rings. The number of hydrogen-bond donors (Lipinski definition) is 3. The number of carbonyl (C=O) groups is 2. The predicted molar refractivity (Wildman–Crippen MR) is 96.6 cm³/mol. The first kappa shape index (κ1) is 20.3. The first-order chi connectivity index (χ1) is 12.7. The summed E-state index contributed by atoms with van der Waals surface area (Å²) in [5.41, 5.74) is 0.683. The summed E-state index contributed by atoms with van der Waals surface area (Å²) in [4.78, 5) is 28.0. The number of nitrogens with zero attached hydrogens (tertiary/aromatic N) is 1. The van der Waals surface area contributed by atoms with Crippen molar-refractivity contribution in [3.8, 4) is 5.75 Å². The summed E-state index contributed by atoms with van der Waals surface area (Å²) >= 11 is 0. The van der Waals surface area contributed by atoms with Crippen LogP contribution in [-0.4, -0.2) is 36.7 Å². The van der Waals surface area contributed by atoms with Gasteiger partial charge in [-0.15, -0.1) is 0 Å². The summed E-state index contributed by atoms with van der Waals surface area (Å²) in [5.74, 6) is -0.475. The van der Waals surface area contributed by atoms with Crippen molar-refractivity contribution in [2.75, 3.05) is 6.61 Å². The first-order valence-corrected chi connectivity index (χ1v) is 8.28. The number of benzene rings is 1. The van der Waals surface area contributed by atoms with Crippen LogP contribution < -0.4 is 20.7 Å². The molecule has 1 atom stereocenters. The molecule has 9 heteroatoms. The smallest absolute Gasteiger partial charge is 0.272 e. The second kappa shape index (κ2) is 8.61. The van der Waals surface area contributed by atoms with Crippen molar-refractivity contribution >= 4 is 18.0 Å². The van der Waals surface area contributed by atoms with Crippen LogP contribution in [-0.2, 0) is 16.1 Å². The summed E-state index contributed by atoms with van der Waals surface area (Å²) < 4.78 is 29.8. The van der Waals surface area contributed by atoms with Crippen molar-refractivity contribution in [3.05, 3.63) is 41.2 Å². The molecule has 2 rings (SSSR count). The van der Waals surface area contributed by atoms with E-state index in [4.69, 9.17) is 4.74 Å². The van der Waals surface area contributed by atoms with Gasteiger partial charge in [0.2, 0.25) is 11.6 Å². The molecule has 1 heterocycles. The molecular weight excluding hydrogens is 358 g/mol. The maximum Gasteiger partial charge on any atom is 0.272 e. The molecule has 7 nitrogen and oxygen atoms in total. The Morgan fingerprint density at radius 2 is 1.96 bits per heavy atom. The number of halogens is 2. The van der Waals surface area contributed by atoms with Gasteiger partial charge in [0.05, 0.1) is 6.21 Å². The van der Waals surface area contributed by atoms with Gasteiger partial charge in [-0.25, -0.2) is 8.78 Å². The van der Waals surface area contributed by atoms with Crippen LogP contribution in [0.2, 0.25) is 0 Å². The maximum atomic E-state index is 12.6. The van der Waals surface area contributed by atoms with E-state index >= 15 is 0 Å². The van der Waals surface area contributed by atoms with E-state index in [1.807, 2.05) is 0 Å². The molecule has 27 heavy (non-hydrogen) atoms. The van der Waals surface area contributed by atoms with Crippen molar-refractivity contribution < 1.29 is 23.1 Å². The molecule has 1 aromatic rings. The zero-order valence-corrected chi connectivity index (χ0v) is 15.3. The SMILES string of the molecule is CC(=O)NC1(C(=O)NCc2cc(C)c(OCC(F)F)c(C)c2)C=NC=CN1. The fraction of sp³-hybridized carbons (Fsp3) is 0.389. The molecule has 0 aromatic heterocycles. The highest BCUT2D eigenvalue weighted by molar-refractivity contribution is 6.06. The number of hydrogen-bond acceptors (Lipinski definition) is 5. The first-order valence-electron chi connectivity index (χ1n) is 8.28. The zero-order chi connectivity index (χ0) is 20.0. The molecule has 1 aliphatic rings. The summed E-state index contributed by atoms with van der Waals surface area (Å²) in [6.07, 6.45) is 1.67. The van der Waals surface area contributed by atoms with Crippen LogP contribution in [0.1, 0.15) is 23.6 Å². The number of carbonyl (C=O) groups excluding carboxylic acids is 2. The molecule has 1 aliphatic heterocycles. The third-order valence-electron chi connectivity index (χ3n) is 3.80. The lowest BCUT2D eigenvalue weighted by Gasteiger charge is -2.30. The highest BCUT2D eigenvalue weighted by Gasteiger charge is 2.37. The van der Waals surface area contributed by atoms with E-state index in [0.717, 1.165) is 5.56 Å². The third kappa shape index (κ3) is 5.25. The lowest BCUT2D eigenvalue weighted by atomic mass is 10.0. The molecule has 146 valence electrons. The second-order valence-electron chi connectivity index (χ2n) is 6.17. The number of aryl methyl sites for hydroxylation is 2. The summed E-state index contributed by atoms with van der Waals surface area (Å²) in [7, 11) is 0. The van der Waals surface area contributed by atoms with Crippen molar-refractivity contribution in [3.63, 3.8) is 0 Å². The Balaban J connectivity index is 2.09. The van der Waals surface area contributed by atoms with Crippen LogP contribution in [0.25, 0.3) is 0 Å². The predicted octanol–water partition coefficient (Wildman–Crippen LogP) is 1.54. The minimum Gasteiger partial charge on any atom is -0.487 e. The monoisotopic (exact) mass is 380 g/mol. The number of rotatable bonds is 7. The van der Waals surface area contributed by atoms with Crippen LogP contribution in [0.15, 0.2) is 29.5 Å². The molecule has 0 aliphatic carbocycles. The minimum atomic E-state index is -2.55. The van der Waals surface area contributed by atoms with Gasteiger partial charge in [-0.1, -0.05) is 12.1 Å². The number of amides is 2. The van der Waals surface area contributed by atoms with Gasteiger partial charge in [0.1, 0.15) is 12.4 Å². The average Bonchev–Trinajstić information content (AvgIpc) is 2.58. The number of nitrogens with one attached hydrogen (secondary N) is 3. The van der Waals surface area contributed by atoms with Crippen LogP contribution in [0.5, 0.6) is 5.75 Å². The van der Waals surface area contributed by atoms with Crippen molar-refractivity contribution in [2.45, 2.75) is 39.4 Å². The van der Waals surface area contributed by atoms with Gasteiger partial charge < -0.3 is 20.7 Å². The van der Waals surface area contributed by atoms with E-state index in [-0.39, 0.29) is 6.54 Å². The van der Waals surface area contributed by atoms with Crippen molar-refractivity contribution in [2.24, 2.45) is 4.99 Å².